The van der Waals surface area contributed by atoms with Gasteiger partial charge in [0.15, 0.2) is 5.82 Å². The molecule has 1 unspecified atom stereocenters. The zero-order valence-corrected chi connectivity index (χ0v) is 10.9. The molecule has 1 aromatic heterocycles. The summed E-state index contributed by atoms with van der Waals surface area (Å²) in [5.74, 6) is 1.76. The first-order valence-electron chi connectivity index (χ1n) is 5.62. The van der Waals surface area contributed by atoms with Gasteiger partial charge in [0.1, 0.15) is 23.8 Å². The van der Waals surface area contributed by atoms with Crippen LogP contribution >= 0.6 is 0 Å². The molecule has 0 saturated carbocycles. The van der Waals surface area contributed by atoms with Crippen molar-refractivity contribution in [3.8, 4) is 0 Å². The Morgan fingerprint density at radius 2 is 2.06 bits per heavy atom. The minimum absolute atomic E-state index is 0.191. The molecule has 0 bridgehead atoms. The minimum Gasteiger partial charge on any atom is -0.393 e. The monoisotopic (exact) mass is 256 g/mol. The summed E-state index contributed by atoms with van der Waals surface area (Å²) in [5.41, 5.74) is -1.19. The van der Waals surface area contributed by atoms with Crippen LogP contribution in [0, 0.1) is 0 Å². The standard InChI is InChI=1S/C11H20N4O3/c1-11(17,7-16)6-13-9-4-8(12-2)14-10(15-9)5-18-3/h4,16-17H,5-7H2,1-3H3,(H2,12,13,14,15). The summed E-state index contributed by atoms with van der Waals surface area (Å²) >= 11 is 0. The Bertz CT molecular complexity index is 385. The number of aliphatic hydroxyl groups is 2. The third-order valence-electron chi connectivity index (χ3n) is 2.29. The Balaban J connectivity index is 2.78. The van der Waals surface area contributed by atoms with Crippen LogP contribution in [0.15, 0.2) is 6.07 Å². The number of hydrogen-bond acceptors (Lipinski definition) is 7. The molecule has 0 amide bonds. The molecule has 0 aromatic carbocycles. The Labute approximate surface area is 106 Å². The van der Waals surface area contributed by atoms with Crippen LogP contribution in [0.25, 0.3) is 0 Å². The van der Waals surface area contributed by atoms with E-state index in [4.69, 9.17) is 9.84 Å². The van der Waals surface area contributed by atoms with Crippen LogP contribution in [-0.4, -0.2) is 53.1 Å². The number of hydrogen-bond donors (Lipinski definition) is 4. The molecule has 1 rings (SSSR count). The Morgan fingerprint density at radius 3 is 2.61 bits per heavy atom. The van der Waals surface area contributed by atoms with E-state index >= 15 is 0 Å². The van der Waals surface area contributed by atoms with Gasteiger partial charge in [-0.2, -0.15) is 0 Å². The third kappa shape index (κ3) is 4.44. The van der Waals surface area contributed by atoms with Crippen molar-refractivity contribution in [3.63, 3.8) is 0 Å². The van der Waals surface area contributed by atoms with Gasteiger partial charge in [-0.1, -0.05) is 0 Å². The van der Waals surface area contributed by atoms with Crippen molar-refractivity contribution in [2.75, 3.05) is 37.9 Å². The van der Waals surface area contributed by atoms with Crippen molar-refractivity contribution in [1.82, 2.24) is 9.97 Å². The molecule has 0 spiro atoms. The van der Waals surface area contributed by atoms with Gasteiger partial charge in [-0.05, 0) is 6.92 Å². The zero-order chi connectivity index (χ0) is 13.6. The van der Waals surface area contributed by atoms with Crippen LogP contribution in [0.5, 0.6) is 0 Å². The first-order chi connectivity index (χ1) is 8.50. The SMILES string of the molecule is CNc1cc(NCC(C)(O)CO)nc(COC)n1. The fourth-order valence-corrected chi connectivity index (χ4v) is 1.25. The first kappa shape index (κ1) is 14.6. The normalized spacial score (nSPS) is 14.1. The predicted molar refractivity (Wildman–Crippen MR) is 68.5 cm³/mol. The van der Waals surface area contributed by atoms with Gasteiger partial charge in [-0.15, -0.1) is 0 Å². The van der Waals surface area contributed by atoms with Crippen LogP contribution in [0.2, 0.25) is 0 Å². The van der Waals surface area contributed by atoms with E-state index < -0.39 is 5.60 Å². The molecular weight excluding hydrogens is 236 g/mol. The van der Waals surface area contributed by atoms with Crippen molar-refractivity contribution in [1.29, 1.82) is 0 Å². The first-order valence-corrected chi connectivity index (χ1v) is 5.62. The van der Waals surface area contributed by atoms with Crippen LogP contribution in [-0.2, 0) is 11.3 Å². The number of nitrogens with zero attached hydrogens (tertiary/aromatic N) is 2. The van der Waals surface area contributed by atoms with E-state index in [0.717, 1.165) is 0 Å². The molecule has 4 N–H and O–H groups in total. The molecule has 1 atom stereocenters. The van der Waals surface area contributed by atoms with Gasteiger partial charge in [-0.25, -0.2) is 9.97 Å². The van der Waals surface area contributed by atoms with Gasteiger partial charge >= 0.3 is 0 Å². The maximum absolute atomic E-state index is 9.69. The highest BCUT2D eigenvalue weighted by molar-refractivity contribution is 5.47. The highest BCUT2D eigenvalue weighted by Crippen LogP contribution is 2.13. The van der Waals surface area contributed by atoms with Crippen LogP contribution in [0.3, 0.4) is 0 Å². The summed E-state index contributed by atoms with van der Waals surface area (Å²) in [5, 5.41) is 24.5. The van der Waals surface area contributed by atoms with E-state index in [1.165, 1.54) is 6.92 Å². The molecule has 0 aliphatic carbocycles. The number of methoxy groups -OCH3 is 1. The summed E-state index contributed by atoms with van der Waals surface area (Å²) in [6, 6.07) is 1.71. The number of rotatable bonds is 7. The smallest absolute Gasteiger partial charge is 0.158 e. The van der Waals surface area contributed by atoms with Crippen LogP contribution in [0.4, 0.5) is 11.6 Å². The molecular formula is C11H20N4O3. The summed E-state index contributed by atoms with van der Waals surface area (Å²) in [4.78, 5) is 8.44. The lowest BCUT2D eigenvalue weighted by molar-refractivity contribution is 0.0131. The van der Waals surface area contributed by atoms with E-state index in [9.17, 15) is 5.11 Å². The van der Waals surface area contributed by atoms with E-state index in [1.807, 2.05) is 0 Å². The van der Waals surface area contributed by atoms with Crippen molar-refractivity contribution in [2.24, 2.45) is 0 Å². The number of anilines is 2. The lowest BCUT2D eigenvalue weighted by Gasteiger charge is -2.21. The molecule has 1 heterocycles. The average molecular weight is 256 g/mol. The fourth-order valence-electron chi connectivity index (χ4n) is 1.25. The molecule has 1 aromatic rings. The Hall–Kier alpha value is -1.44. The van der Waals surface area contributed by atoms with Crippen molar-refractivity contribution < 1.29 is 14.9 Å². The Kier molecular flexibility index (Phi) is 5.26. The number of ether oxygens (including phenoxy) is 1. The van der Waals surface area contributed by atoms with Crippen LogP contribution in [0.1, 0.15) is 12.7 Å². The lowest BCUT2D eigenvalue weighted by Crippen LogP contribution is -2.37. The van der Waals surface area contributed by atoms with Gasteiger partial charge in [0, 0.05) is 26.8 Å². The second-order valence-corrected chi connectivity index (χ2v) is 4.25. The van der Waals surface area contributed by atoms with Gasteiger partial charge < -0.3 is 25.6 Å². The second kappa shape index (κ2) is 6.48. The summed E-state index contributed by atoms with van der Waals surface area (Å²) in [6.07, 6.45) is 0. The van der Waals surface area contributed by atoms with Crippen molar-refractivity contribution in [2.45, 2.75) is 19.1 Å². The third-order valence-corrected chi connectivity index (χ3v) is 2.29. The number of aliphatic hydroxyl groups excluding tert-OH is 1. The molecule has 7 nitrogen and oxygen atoms in total. The van der Waals surface area contributed by atoms with Gasteiger partial charge in [0.2, 0.25) is 0 Å². The molecule has 0 aliphatic rings. The number of aromatic nitrogens is 2. The highest BCUT2D eigenvalue weighted by atomic mass is 16.5. The molecule has 102 valence electrons. The van der Waals surface area contributed by atoms with Gasteiger partial charge in [0.05, 0.1) is 6.61 Å². The number of nitrogens with one attached hydrogen (secondary N) is 2. The van der Waals surface area contributed by atoms with E-state index in [1.54, 1.807) is 20.2 Å². The fraction of sp³-hybridized carbons (Fsp3) is 0.636. The predicted octanol–water partition coefficient (Wildman–Crippen LogP) is -0.180. The minimum atomic E-state index is -1.19. The molecule has 0 radical (unpaired) electrons. The van der Waals surface area contributed by atoms with Gasteiger partial charge in [0.25, 0.3) is 0 Å². The molecule has 0 aliphatic heterocycles. The maximum Gasteiger partial charge on any atom is 0.158 e. The maximum atomic E-state index is 9.69. The summed E-state index contributed by atoms with van der Waals surface area (Å²) in [6.45, 7) is 1.71. The van der Waals surface area contributed by atoms with Crippen molar-refractivity contribution >= 4 is 11.6 Å². The molecule has 0 saturated heterocycles. The highest BCUT2D eigenvalue weighted by Gasteiger charge is 2.18. The second-order valence-electron chi connectivity index (χ2n) is 4.25. The zero-order valence-electron chi connectivity index (χ0n) is 10.9. The average Bonchev–Trinajstić information content (AvgIpc) is 2.37. The van der Waals surface area contributed by atoms with E-state index in [-0.39, 0.29) is 13.2 Å². The lowest BCUT2D eigenvalue weighted by atomic mass is 10.1. The molecule has 18 heavy (non-hydrogen) atoms. The molecule has 0 fully saturated rings. The van der Waals surface area contributed by atoms with E-state index in [2.05, 4.69) is 20.6 Å². The van der Waals surface area contributed by atoms with Crippen molar-refractivity contribution in [3.05, 3.63) is 11.9 Å². The van der Waals surface area contributed by atoms with Crippen LogP contribution < -0.4 is 10.6 Å². The summed E-state index contributed by atoms with van der Waals surface area (Å²) in [7, 11) is 3.33. The topological polar surface area (TPSA) is 99.5 Å². The van der Waals surface area contributed by atoms with Gasteiger partial charge in [-0.3, -0.25) is 0 Å². The quantitative estimate of drug-likeness (QED) is 0.537. The Morgan fingerprint density at radius 1 is 1.39 bits per heavy atom. The molecule has 7 heteroatoms. The van der Waals surface area contributed by atoms with E-state index in [0.29, 0.717) is 24.1 Å². The summed E-state index contributed by atoms with van der Waals surface area (Å²) < 4.78 is 4.98. The largest absolute Gasteiger partial charge is 0.393 e.